The summed E-state index contributed by atoms with van der Waals surface area (Å²) in [6.45, 7) is 1.64. The standard InChI is InChI=1S/C4H7O3P.Na/c1-2-3-4(5)8(6)7;/h2-5H,1H3;/q;+1/b3-2+;. The molecule has 5 heteroatoms. The normalized spacial score (nSPS) is 14.8. The monoisotopic (exact) mass is 157 g/mol. The Morgan fingerprint density at radius 3 is 2.33 bits per heavy atom. The Labute approximate surface area is 76.9 Å². The Hall–Kier alpha value is 0.760. The van der Waals surface area contributed by atoms with Gasteiger partial charge < -0.3 is 10.00 Å². The van der Waals surface area contributed by atoms with E-state index in [0.717, 1.165) is 0 Å². The van der Waals surface area contributed by atoms with E-state index in [0.29, 0.717) is 0 Å². The number of aliphatic hydroxyl groups excluding tert-OH is 1. The van der Waals surface area contributed by atoms with Crippen molar-refractivity contribution in [3.05, 3.63) is 12.2 Å². The zero-order valence-electron chi connectivity index (χ0n) is 5.44. The van der Waals surface area contributed by atoms with Crippen LogP contribution in [0.1, 0.15) is 6.92 Å². The van der Waals surface area contributed by atoms with Crippen molar-refractivity contribution in [2.45, 2.75) is 12.8 Å². The molecule has 9 heavy (non-hydrogen) atoms. The number of allylic oxidation sites excluding steroid dienone is 1. The Morgan fingerprint density at radius 2 is 2.22 bits per heavy atom. The summed E-state index contributed by atoms with van der Waals surface area (Å²) in [7, 11) is -2.70. The van der Waals surface area contributed by atoms with Crippen molar-refractivity contribution >= 4 is 8.03 Å². The van der Waals surface area contributed by atoms with Gasteiger partial charge in [-0.2, -0.15) is 0 Å². The third kappa shape index (κ3) is 6.65. The molecule has 2 atom stereocenters. The summed E-state index contributed by atoms with van der Waals surface area (Å²) in [4.78, 5) is 9.82. The van der Waals surface area contributed by atoms with Crippen LogP contribution in [0, 0.1) is 0 Å². The van der Waals surface area contributed by atoms with Crippen LogP contribution in [-0.2, 0) is 4.57 Å². The van der Waals surface area contributed by atoms with Crippen molar-refractivity contribution in [3.8, 4) is 0 Å². The SMILES string of the molecule is C/C=C/C(O)[P+](=O)[O-].[Na+]. The molecule has 0 spiro atoms. The molecule has 0 aliphatic heterocycles. The zero-order valence-corrected chi connectivity index (χ0v) is 8.34. The van der Waals surface area contributed by atoms with Gasteiger partial charge in [0.25, 0.3) is 5.85 Å². The molecule has 0 saturated carbocycles. The predicted molar refractivity (Wildman–Crippen MR) is 28.4 cm³/mol. The van der Waals surface area contributed by atoms with E-state index in [1.165, 1.54) is 12.2 Å². The molecule has 0 radical (unpaired) electrons. The van der Waals surface area contributed by atoms with Crippen molar-refractivity contribution in [2.24, 2.45) is 0 Å². The molecule has 46 valence electrons. The van der Waals surface area contributed by atoms with Gasteiger partial charge in [0.05, 0.1) is 0 Å². The van der Waals surface area contributed by atoms with Gasteiger partial charge in [-0.1, -0.05) is 10.6 Å². The topological polar surface area (TPSA) is 60.4 Å². The number of hydrogen-bond acceptors (Lipinski definition) is 3. The third-order valence-electron chi connectivity index (χ3n) is 0.581. The van der Waals surface area contributed by atoms with E-state index < -0.39 is 13.9 Å². The van der Waals surface area contributed by atoms with Gasteiger partial charge in [-0.15, -0.1) is 0 Å². The minimum atomic E-state index is -2.70. The van der Waals surface area contributed by atoms with Crippen LogP contribution in [0.5, 0.6) is 0 Å². The minimum Gasteiger partial charge on any atom is -0.593 e. The first-order valence-corrected chi connectivity index (χ1v) is 3.37. The summed E-state index contributed by atoms with van der Waals surface area (Å²) in [5.41, 5.74) is 0. The van der Waals surface area contributed by atoms with E-state index in [1.807, 2.05) is 0 Å². The van der Waals surface area contributed by atoms with Gasteiger partial charge in [0.2, 0.25) is 0 Å². The molecule has 1 N–H and O–H groups in total. The summed E-state index contributed by atoms with van der Waals surface area (Å²) in [5.74, 6) is -1.31. The van der Waals surface area contributed by atoms with Gasteiger partial charge in [0.1, 0.15) is 0 Å². The van der Waals surface area contributed by atoms with Crippen LogP contribution < -0.4 is 34.5 Å². The van der Waals surface area contributed by atoms with Crippen LogP contribution in [0.15, 0.2) is 12.2 Å². The first kappa shape index (κ1) is 12.4. The van der Waals surface area contributed by atoms with Crippen molar-refractivity contribution in [1.82, 2.24) is 0 Å². The second-order valence-corrected chi connectivity index (χ2v) is 2.32. The van der Waals surface area contributed by atoms with Gasteiger partial charge in [-0.3, -0.25) is 0 Å². The summed E-state index contributed by atoms with van der Waals surface area (Å²) in [6.07, 6.45) is 2.68. The maximum absolute atomic E-state index is 9.82. The smallest absolute Gasteiger partial charge is 0.593 e. The second-order valence-electron chi connectivity index (χ2n) is 1.22. The maximum atomic E-state index is 9.82. The summed E-state index contributed by atoms with van der Waals surface area (Å²) in [6, 6.07) is 0. The molecule has 0 aliphatic rings. The van der Waals surface area contributed by atoms with Crippen molar-refractivity contribution in [2.75, 3.05) is 0 Å². The van der Waals surface area contributed by atoms with Gasteiger partial charge in [-0.25, -0.2) is 0 Å². The quantitative estimate of drug-likeness (QED) is 0.264. The van der Waals surface area contributed by atoms with E-state index in [1.54, 1.807) is 6.92 Å². The molecule has 0 heterocycles. The molecule has 0 saturated heterocycles. The van der Waals surface area contributed by atoms with Crippen LogP contribution in [0.4, 0.5) is 0 Å². The minimum absolute atomic E-state index is 0. The van der Waals surface area contributed by atoms with E-state index in [9.17, 15) is 9.46 Å². The van der Waals surface area contributed by atoms with Crippen LogP contribution in [-0.4, -0.2) is 11.0 Å². The molecule has 0 aromatic rings. The van der Waals surface area contributed by atoms with Crippen LogP contribution in [0.2, 0.25) is 0 Å². The largest absolute Gasteiger partial charge is 1.00 e. The molecular weight excluding hydrogens is 150 g/mol. The molecule has 2 unspecified atom stereocenters. The molecule has 0 rings (SSSR count). The third-order valence-corrected chi connectivity index (χ3v) is 1.18. The molecule has 0 amide bonds. The molecule has 0 aromatic carbocycles. The summed E-state index contributed by atoms with van der Waals surface area (Å²) < 4.78 is 9.82. The van der Waals surface area contributed by atoms with Crippen LogP contribution in [0.3, 0.4) is 0 Å². The average Bonchev–Trinajstić information content (AvgIpc) is 1.67. The zero-order chi connectivity index (χ0) is 6.57. The average molecular weight is 157 g/mol. The van der Waals surface area contributed by atoms with E-state index in [4.69, 9.17) is 5.11 Å². The first-order chi connectivity index (χ1) is 3.68. The number of rotatable bonds is 2. The van der Waals surface area contributed by atoms with Gasteiger partial charge in [0.15, 0.2) is 0 Å². The van der Waals surface area contributed by atoms with E-state index in [2.05, 4.69) is 0 Å². The number of hydrogen-bond donors (Lipinski definition) is 1. The molecular formula is C4H7NaO3P+. The maximum Gasteiger partial charge on any atom is 1.00 e. The van der Waals surface area contributed by atoms with Crippen molar-refractivity contribution in [3.63, 3.8) is 0 Å². The van der Waals surface area contributed by atoms with E-state index in [-0.39, 0.29) is 29.6 Å². The second kappa shape index (κ2) is 6.87. The first-order valence-electron chi connectivity index (χ1n) is 2.13. The predicted octanol–water partition coefficient (Wildman–Crippen LogP) is -3.01. The molecule has 0 aromatic heterocycles. The molecule has 0 aliphatic carbocycles. The molecule has 0 bridgehead atoms. The van der Waals surface area contributed by atoms with Crippen LogP contribution in [0.25, 0.3) is 0 Å². The van der Waals surface area contributed by atoms with Gasteiger partial charge >= 0.3 is 37.6 Å². The van der Waals surface area contributed by atoms with Gasteiger partial charge in [-0.05, 0) is 13.0 Å². The molecule has 0 fully saturated rings. The Morgan fingerprint density at radius 1 is 1.78 bits per heavy atom. The van der Waals surface area contributed by atoms with Crippen LogP contribution >= 0.6 is 8.03 Å². The summed E-state index contributed by atoms with van der Waals surface area (Å²) >= 11 is 0. The van der Waals surface area contributed by atoms with Gasteiger partial charge in [0, 0.05) is 0 Å². The van der Waals surface area contributed by atoms with Crippen molar-refractivity contribution < 1.29 is 44.1 Å². The fraction of sp³-hybridized carbons (Fsp3) is 0.500. The Kier molecular flexibility index (Phi) is 9.50. The molecule has 3 nitrogen and oxygen atoms in total. The Balaban J connectivity index is 0. The number of aliphatic hydroxyl groups is 1. The fourth-order valence-corrected chi connectivity index (χ4v) is 0.555. The van der Waals surface area contributed by atoms with E-state index >= 15 is 0 Å². The Bertz CT molecular complexity index is 114. The fourth-order valence-electron chi connectivity index (χ4n) is 0.242. The van der Waals surface area contributed by atoms with Crippen molar-refractivity contribution in [1.29, 1.82) is 0 Å². The summed E-state index contributed by atoms with van der Waals surface area (Å²) in [5, 5.41) is 8.44.